The lowest BCUT2D eigenvalue weighted by Gasteiger charge is -2.13. The van der Waals surface area contributed by atoms with Crippen molar-refractivity contribution in [2.24, 2.45) is 7.05 Å². The number of rotatable bonds is 7. The van der Waals surface area contributed by atoms with Gasteiger partial charge in [-0.15, -0.1) is 21.5 Å². The third-order valence-electron chi connectivity index (χ3n) is 4.10. The second-order valence-electron chi connectivity index (χ2n) is 6.01. The van der Waals surface area contributed by atoms with Crippen molar-refractivity contribution in [3.05, 3.63) is 52.2 Å². The first-order valence-corrected chi connectivity index (χ1v) is 10.4. The molecule has 0 saturated carbocycles. The van der Waals surface area contributed by atoms with Crippen LogP contribution in [0.2, 0.25) is 0 Å². The summed E-state index contributed by atoms with van der Waals surface area (Å²) < 4.78 is 1.94. The zero-order chi connectivity index (χ0) is 18.5. The fourth-order valence-corrected chi connectivity index (χ4v) is 4.15. The van der Waals surface area contributed by atoms with E-state index in [2.05, 4.69) is 33.9 Å². The Morgan fingerprint density at radius 2 is 2.08 bits per heavy atom. The summed E-state index contributed by atoms with van der Waals surface area (Å²) >= 11 is 3.13. The summed E-state index contributed by atoms with van der Waals surface area (Å²) in [4.78, 5) is 13.6. The number of aryl methyl sites for hydroxylation is 1. The summed E-state index contributed by atoms with van der Waals surface area (Å²) in [6, 6.07) is 12.1. The van der Waals surface area contributed by atoms with E-state index >= 15 is 0 Å². The van der Waals surface area contributed by atoms with Crippen molar-refractivity contribution in [2.75, 3.05) is 5.75 Å². The molecule has 5 nitrogen and oxygen atoms in total. The van der Waals surface area contributed by atoms with E-state index in [1.165, 1.54) is 16.6 Å². The number of benzene rings is 1. The molecule has 3 rings (SSSR count). The first kappa shape index (κ1) is 18.7. The van der Waals surface area contributed by atoms with Gasteiger partial charge in [0.25, 0.3) is 0 Å². The Morgan fingerprint density at radius 1 is 1.31 bits per heavy atom. The molecule has 1 atom stereocenters. The number of nitrogens with one attached hydrogen (secondary N) is 1. The molecule has 0 aliphatic heterocycles. The molecule has 26 heavy (non-hydrogen) atoms. The lowest BCUT2D eigenvalue weighted by molar-refractivity contribution is -0.119. The average Bonchev–Trinajstić information content (AvgIpc) is 3.27. The van der Waals surface area contributed by atoms with Crippen LogP contribution in [0.3, 0.4) is 0 Å². The summed E-state index contributed by atoms with van der Waals surface area (Å²) in [5, 5.41) is 14.4. The molecule has 7 heteroatoms. The summed E-state index contributed by atoms with van der Waals surface area (Å²) in [5.41, 5.74) is 2.17. The molecule has 0 aliphatic rings. The number of carbonyl (C=O) groups is 1. The number of aromatic nitrogens is 3. The second-order valence-corrected chi connectivity index (χ2v) is 7.95. The molecule has 2 aromatic heterocycles. The molecular formula is C19H22N4OS2. The number of nitrogens with zero attached hydrogens (tertiary/aromatic N) is 3. The molecule has 0 spiro atoms. The number of carbonyl (C=O) groups excluding carboxylic acids is 1. The van der Waals surface area contributed by atoms with Gasteiger partial charge in [-0.25, -0.2) is 0 Å². The molecule has 1 unspecified atom stereocenters. The van der Waals surface area contributed by atoms with Gasteiger partial charge in [-0.05, 0) is 25.0 Å². The van der Waals surface area contributed by atoms with E-state index in [0.717, 1.165) is 28.5 Å². The maximum Gasteiger partial charge on any atom is 0.230 e. The zero-order valence-corrected chi connectivity index (χ0v) is 16.7. The molecular weight excluding hydrogens is 364 g/mol. The van der Waals surface area contributed by atoms with Crippen LogP contribution in [0.15, 0.2) is 46.9 Å². The predicted molar refractivity (Wildman–Crippen MR) is 107 cm³/mol. The Morgan fingerprint density at radius 3 is 2.77 bits per heavy atom. The molecule has 0 saturated heterocycles. The van der Waals surface area contributed by atoms with Crippen molar-refractivity contribution in [3.63, 3.8) is 0 Å². The highest BCUT2D eigenvalue weighted by Gasteiger charge is 2.15. The standard InChI is InChI=1S/C19H22N4OS2/c1-4-16-10-15(11-25-16)18-21-22-19(23(18)3)26-12-17(24)20-13(2)14-8-6-5-7-9-14/h5-11,13H,4,12H2,1-3H3,(H,20,24). The van der Waals surface area contributed by atoms with Crippen molar-refractivity contribution in [2.45, 2.75) is 31.5 Å². The molecule has 136 valence electrons. The molecule has 2 heterocycles. The normalized spacial score (nSPS) is 12.1. The minimum Gasteiger partial charge on any atom is -0.349 e. The van der Waals surface area contributed by atoms with Gasteiger partial charge in [0.2, 0.25) is 5.91 Å². The topological polar surface area (TPSA) is 59.8 Å². The van der Waals surface area contributed by atoms with Crippen LogP contribution in [0.4, 0.5) is 0 Å². The number of thioether (sulfide) groups is 1. The van der Waals surface area contributed by atoms with Gasteiger partial charge in [0.1, 0.15) is 0 Å². The van der Waals surface area contributed by atoms with Crippen LogP contribution in [0.1, 0.15) is 30.3 Å². The molecule has 0 fully saturated rings. The van der Waals surface area contributed by atoms with E-state index in [1.54, 1.807) is 11.3 Å². The van der Waals surface area contributed by atoms with Crippen LogP contribution >= 0.6 is 23.1 Å². The SMILES string of the molecule is CCc1cc(-c2nnc(SCC(=O)NC(C)c3ccccc3)n2C)cs1. The number of thiophene rings is 1. The molecule has 0 aliphatic carbocycles. The third kappa shape index (κ3) is 4.34. The highest BCUT2D eigenvalue weighted by molar-refractivity contribution is 7.99. The largest absolute Gasteiger partial charge is 0.349 e. The molecule has 1 amide bonds. The van der Waals surface area contributed by atoms with Crippen LogP contribution in [-0.4, -0.2) is 26.4 Å². The average molecular weight is 387 g/mol. The molecule has 3 aromatic rings. The van der Waals surface area contributed by atoms with Crippen LogP contribution in [0.25, 0.3) is 11.4 Å². The highest BCUT2D eigenvalue weighted by Crippen LogP contribution is 2.27. The first-order chi connectivity index (χ1) is 12.6. The maximum atomic E-state index is 12.2. The Hall–Kier alpha value is -2.12. The Bertz CT molecular complexity index is 873. The zero-order valence-electron chi connectivity index (χ0n) is 15.1. The first-order valence-electron chi connectivity index (χ1n) is 8.52. The lowest BCUT2D eigenvalue weighted by Crippen LogP contribution is -2.28. The van der Waals surface area contributed by atoms with Gasteiger partial charge in [-0.2, -0.15) is 0 Å². The van der Waals surface area contributed by atoms with E-state index in [1.807, 2.05) is 48.9 Å². The quantitative estimate of drug-likeness (QED) is 0.622. The highest BCUT2D eigenvalue weighted by atomic mass is 32.2. The molecule has 1 aromatic carbocycles. The van der Waals surface area contributed by atoms with Crippen molar-refractivity contribution in [1.29, 1.82) is 0 Å². The van der Waals surface area contributed by atoms with Crippen LogP contribution in [-0.2, 0) is 18.3 Å². The summed E-state index contributed by atoms with van der Waals surface area (Å²) in [7, 11) is 1.94. The number of amides is 1. The molecule has 0 bridgehead atoms. The van der Waals surface area contributed by atoms with Gasteiger partial charge in [0, 0.05) is 22.9 Å². The van der Waals surface area contributed by atoms with E-state index < -0.39 is 0 Å². The van der Waals surface area contributed by atoms with Crippen molar-refractivity contribution in [3.8, 4) is 11.4 Å². The van der Waals surface area contributed by atoms with E-state index in [0.29, 0.717) is 5.75 Å². The van der Waals surface area contributed by atoms with Gasteiger partial charge < -0.3 is 9.88 Å². The number of hydrogen-bond donors (Lipinski definition) is 1. The maximum absolute atomic E-state index is 12.2. The fraction of sp³-hybridized carbons (Fsp3) is 0.316. The summed E-state index contributed by atoms with van der Waals surface area (Å²) in [6.07, 6.45) is 1.02. The van der Waals surface area contributed by atoms with Gasteiger partial charge in [-0.3, -0.25) is 4.79 Å². The Balaban J connectivity index is 1.59. The lowest BCUT2D eigenvalue weighted by atomic mass is 10.1. The van der Waals surface area contributed by atoms with Crippen molar-refractivity contribution >= 4 is 29.0 Å². The van der Waals surface area contributed by atoms with E-state index in [9.17, 15) is 4.79 Å². The Labute approximate surface area is 161 Å². The molecule has 1 N–H and O–H groups in total. The summed E-state index contributed by atoms with van der Waals surface area (Å²) in [6.45, 7) is 4.13. The van der Waals surface area contributed by atoms with E-state index in [-0.39, 0.29) is 11.9 Å². The van der Waals surface area contributed by atoms with Crippen LogP contribution in [0, 0.1) is 0 Å². The van der Waals surface area contributed by atoms with Gasteiger partial charge in [-0.1, -0.05) is 49.0 Å². The van der Waals surface area contributed by atoms with Crippen LogP contribution in [0.5, 0.6) is 0 Å². The van der Waals surface area contributed by atoms with Crippen molar-refractivity contribution < 1.29 is 4.79 Å². The summed E-state index contributed by atoms with van der Waals surface area (Å²) in [5.74, 6) is 1.13. The third-order valence-corrected chi connectivity index (χ3v) is 6.21. The monoisotopic (exact) mass is 386 g/mol. The predicted octanol–water partition coefficient (Wildman–Crippen LogP) is 4.08. The van der Waals surface area contributed by atoms with Crippen LogP contribution < -0.4 is 5.32 Å². The number of hydrogen-bond acceptors (Lipinski definition) is 5. The molecule has 0 radical (unpaired) electrons. The second kappa shape index (κ2) is 8.51. The fourth-order valence-electron chi connectivity index (χ4n) is 2.61. The Kier molecular flexibility index (Phi) is 6.11. The van der Waals surface area contributed by atoms with Gasteiger partial charge in [0.05, 0.1) is 11.8 Å². The van der Waals surface area contributed by atoms with E-state index in [4.69, 9.17) is 0 Å². The minimum absolute atomic E-state index is 0.0142. The van der Waals surface area contributed by atoms with Gasteiger partial charge in [0.15, 0.2) is 11.0 Å². The minimum atomic E-state index is -0.0161. The smallest absolute Gasteiger partial charge is 0.230 e. The van der Waals surface area contributed by atoms with Crippen molar-refractivity contribution in [1.82, 2.24) is 20.1 Å². The van der Waals surface area contributed by atoms with Gasteiger partial charge >= 0.3 is 0 Å².